The molecule has 0 radical (unpaired) electrons. The number of rotatable bonds is 9. The number of ether oxygens (including phenoxy) is 2. The Labute approximate surface area is 195 Å². The third-order valence-corrected chi connectivity index (χ3v) is 7.74. The van der Waals surface area contributed by atoms with Gasteiger partial charge in [-0.05, 0) is 54.8 Å². The van der Waals surface area contributed by atoms with Gasteiger partial charge in [-0.15, -0.1) is 0 Å². The molecule has 1 aliphatic carbocycles. The Morgan fingerprint density at radius 3 is 2.62 bits per heavy atom. The fraction of sp³-hybridized carbons (Fsp3) is 0.208. The fourth-order valence-electron chi connectivity index (χ4n) is 3.63. The molecule has 1 saturated carbocycles. The van der Waals surface area contributed by atoms with E-state index >= 15 is 0 Å². The molecule has 10 heteroatoms. The van der Waals surface area contributed by atoms with Gasteiger partial charge in [-0.1, -0.05) is 12.1 Å². The minimum absolute atomic E-state index is 0.183. The zero-order chi connectivity index (χ0) is 23.7. The Hall–Kier alpha value is -3.92. The molecule has 0 saturated heterocycles. The third kappa shape index (κ3) is 4.58. The standard InChI is InChI=1S/C24H21N3O6S/c28-22(29)14-32-21-10-5-16-12-20(26-24(16)27-21)23(33-17-2-1-11-25-13-17)15-3-6-18(7-4-15)34(30,31)19-8-9-19/h1-7,10-13,19,23H,8-9,14H2,(H,26,27)(H,28,29). The minimum Gasteiger partial charge on any atom is -0.479 e. The number of H-pyrrole nitrogens is 1. The maximum Gasteiger partial charge on any atom is 0.341 e. The van der Waals surface area contributed by atoms with E-state index in [-0.39, 0.29) is 11.1 Å². The summed E-state index contributed by atoms with van der Waals surface area (Å²) in [4.78, 5) is 22.7. The zero-order valence-electron chi connectivity index (χ0n) is 17.9. The van der Waals surface area contributed by atoms with Crippen LogP contribution >= 0.6 is 0 Å². The average molecular weight is 480 g/mol. The minimum atomic E-state index is -3.29. The van der Waals surface area contributed by atoms with E-state index in [1.54, 1.807) is 60.9 Å². The second-order valence-electron chi connectivity index (χ2n) is 7.99. The highest BCUT2D eigenvalue weighted by Crippen LogP contribution is 2.35. The molecule has 9 nitrogen and oxygen atoms in total. The molecule has 0 spiro atoms. The summed E-state index contributed by atoms with van der Waals surface area (Å²) >= 11 is 0. The number of fused-ring (bicyclic) bond motifs is 1. The number of hydrogen-bond acceptors (Lipinski definition) is 7. The number of aliphatic carboxylic acids is 1. The summed E-state index contributed by atoms with van der Waals surface area (Å²) in [6, 6.07) is 15.5. The Bertz CT molecular complexity index is 1430. The maximum atomic E-state index is 12.6. The SMILES string of the molecule is O=C(O)COc1ccc2cc(C(Oc3cccnc3)c3ccc(S(=O)(=O)C4CC4)cc3)[nH]c2n1. The molecule has 1 aliphatic rings. The molecule has 1 aromatic carbocycles. The van der Waals surface area contributed by atoms with Gasteiger partial charge in [-0.2, -0.15) is 4.98 Å². The van der Waals surface area contributed by atoms with Crippen molar-refractivity contribution in [1.82, 2.24) is 15.0 Å². The number of pyridine rings is 2. The molecule has 1 unspecified atom stereocenters. The van der Waals surface area contributed by atoms with E-state index in [2.05, 4.69) is 15.0 Å². The van der Waals surface area contributed by atoms with Gasteiger partial charge in [-0.3, -0.25) is 4.98 Å². The first-order valence-corrected chi connectivity index (χ1v) is 12.2. The summed E-state index contributed by atoms with van der Waals surface area (Å²) in [6.07, 6.45) is 4.05. The predicted octanol–water partition coefficient (Wildman–Crippen LogP) is 3.53. The predicted molar refractivity (Wildman–Crippen MR) is 123 cm³/mol. The van der Waals surface area contributed by atoms with Gasteiger partial charge in [-0.25, -0.2) is 13.2 Å². The molecule has 2 N–H and O–H groups in total. The van der Waals surface area contributed by atoms with Gasteiger partial charge >= 0.3 is 5.97 Å². The smallest absolute Gasteiger partial charge is 0.341 e. The van der Waals surface area contributed by atoms with E-state index < -0.39 is 28.5 Å². The number of aromatic nitrogens is 3. The van der Waals surface area contributed by atoms with Crippen LogP contribution in [0.3, 0.4) is 0 Å². The van der Waals surface area contributed by atoms with Crippen LogP contribution in [-0.4, -0.2) is 46.3 Å². The summed E-state index contributed by atoms with van der Waals surface area (Å²) in [5.74, 6) is -0.368. The molecule has 0 bridgehead atoms. The van der Waals surface area contributed by atoms with Crippen molar-refractivity contribution in [3.8, 4) is 11.6 Å². The van der Waals surface area contributed by atoms with E-state index in [1.807, 2.05) is 6.07 Å². The third-order valence-electron chi connectivity index (χ3n) is 5.46. The topological polar surface area (TPSA) is 131 Å². The molecule has 3 aromatic heterocycles. The molecule has 1 atom stereocenters. The van der Waals surface area contributed by atoms with Crippen molar-refractivity contribution in [2.75, 3.05) is 6.61 Å². The molecular weight excluding hydrogens is 458 g/mol. The number of carboxylic acid groups (broad SMARTS) is 1. The van der Waals surface area contributed by atoms with Crippen molar-refractivity contribution in [3.05, 3.63) is 78.2 Å². The van der Waals surface area contributed by atoms with E-state index in [0.717, 1.165) is 10.9 Å². The molecule has 0 amide bonds. The molecule has 0 aliphatic heterocycles. The van der Waals surface area contributed by atoms with Gasteiger partial charge in [0.2, 0.25) is 5.88 Å². The summed E-state index contributed by atoms with van der Waals surface area (Å²) < 4.78 is 36.6. The number of nitrogens with one attached hydrogen (secondary N) is 1. The molecule has 3 heterocycles. The number of aromatic amines is 1. The monoisotopic (exact) mass is 479 g/mol. The second kappa shape index (κ2) is 8.79. The first-order valence-electron chi connectivity index (χ1n) is 10.6. The highest BCUT2D eigenvalue weighted by molar-refractivity contribution is 7.92. The number of benzene rings is 1. The van der Waals surface area contributed by atoms with Crippen LogP contribution in [0.1, 0.15) is 30.2 Å². The van der Waals surface area contributed by atoms with Crippen molar-refractivity contribution in [2.45, 2.75) is 29.1 Å². The van der Waals surface area contributed by atoms with Gasteiger partial charge in [0.25, 0.3) is 0 Å². The van der Waals surface area contributed by atoms with Crippen LogP contribution in [0.4, 0.5) is 0 Å². The zero-order valence-corrected chi connectivity index (χ0v) is 18.7. The Balaban J connectivity index is 1.49. The molecule has 34 heavy (non-hydrogen) atoms. The Morgan fingerprint density at radius 1 is 1.15 bits per heavy atom. The van der Waals surface area contributed by atoms with Gasteiger partial charge in [0.15, 0.2) is 22.5 Å². The highest BCUT2D eigenvalue weighted by Gasteiger charge is 2.36. The highest BCUT2D eigenvalue weighted by atomic mass is 32.2. The van der Waals surface area contributed by atoms with Crippen molar-refractivity contribution >= 4 is 26.8 Å². The molecule has 174 valence electrons. The quantitative estimate of drug-likeness (QED) is 0.373. The summed E-state index contributed by atoms with van der Waals surface area (Å²) in [5, 5.41) is 9.32. The van der Waals surface area contributed by atoms with Crippen molar-refractivity contribution < 1.29 is 27.8 Å². The number of carboxylic acids is 1. The van der Waals surface area contributed by atoms with Gasteiger partial charge < -0.3 is 19.6 Å². The Morgan fingerprint density at radius 2 is 1.94 bits per heavy atom. The van der Waals surface area contributed by atoms with Crippen molar-refractivity contribution in [2.24, 2.45) is 0 Å². The first kappa shape index (κ1) is 21.9. The van der Waals surface area contributed by atoms with Crippen LogP contribution < -0.4 is 9.47 Å². The lowest BCUT2D eigenvalue weighted by atomic mass is 10.1. The molecule has 5 rings (SSSR count). The Kier molecular flexibility index (Phi) is 5.66. The maximum absolute atomic E-state index is 12.6. The van der Waals surface area contributed by atoms with Crippen LogP contribution in [0.25, 0.3) is 11.0 Å². The van der Waals surface area contributed by atoms with Crippen LogP contribution in [0.2, 0.25) is 0 Å². The van der Waals surface area contributed by atoms with Crippen LogP contribution in [0.5, 0.6) is 11.6 Å². The van der Waals surface area contributed by atoms with Crippen molar-refractivity contribution in [1.29, 1.82) is 0 Å². The molecule has 1 fully saturated rings. The van der Waals surface area contributed by atoms with E-state index in [4.69, 9.17) is 14.6 Å². The lowest BCUT2D eigenvalue weighted by Crippen LogP contribution is -2.11. The summed E-state index contributed by atoms with van der Waals surface area (Å²) in [5.41, 5.74) is 1.93. The normalized spacial score (nSPS) is 14.6. The molecular formula is C24H21N3O6S. The van der Waals surface area contributed by atoms with Crippen LogP contribution in [-0.2, 0) is 14.6 Å². The van der Waals surface area contributed by atoms with E-state index in [0.29, 0.717) is 34.8 Å². The van der Waals surface area contributed by atoms with Crippen LogP contribution in [0.15, 0.2) is 71.9 Å². The molecule has 4 aromatic rings. The lowest BCUT2D eigenvalue weighted by molar-refractivity contribution is -0.139. The number of hydrogen-bond donors (Lipinski definition) is 2. The first-order chi connectivity index (χ1) is 16.4. The number of sulfone groups is 1. The van der Waals surface area contributed by atoms with Crippen molar-refractivity contribution in [3.63, 3.8) is 0 Å². The largest absolute Gasteiger partial charge is 0.479 e. The van der Waals surface area contributed by atoms with Gasteiger partial charge in [0.05, 0.1) is 22.0 Å². The number of nitrogens with zero attached hydrogens (tertiary/aromatic N) is 2. The fourth-order valence-corrected chi connectivity index (χ4v) is 5.29. The second-order valence-corrected chi connectivity index (χ2v) is 10.2. The van der Waals surface area contributed by atoms with Crippen LogP contribution in [0, 0.1) is 0 Å². The number of carbonyl (C=O) groups is 1. The average Bonchev–Trinajstić information content (AvgIpc) is 3.62. The lowest BCUT2D eigenvalue weighted by Gasteiger charge is -2.19. The van der Waals surface area contributed by atoms with E-state index in [9.17, 15) is 13.2 Å². The van der Waals surface area contributed by atoms with Gasteiger partial charge in [0, 0.05) is 17.6 Å². The van der Waals surface area contributed by atoms with E-state index in [1.165, 1.54) is 0 Å². The summed E-state index contributed by atoms with van der Waals surface area (Å²) in [7, 11) is -3.29. The van der Waals surface area contributed by atoms with Gasteiger partial charge in [0.1, 0.15) is 11.4 Å². The summed E-state index contributed by atoms with van der Waals surface area (Å²) in [6.45, 7) is -0.491.